The maximum absolute atomic E-state index is 12.3. The Labute approximate surface area is 137 Å². The van der Waals surface area contributed by atoms with E-state index >= 15 is 0 Å². The second-order valence-electron chi connectivity index (χ2n) is 5.44. The number of benzene rings is 2. The molecule has 2 aromatic carbocycles. The van der Waals surface area contributed by atoms with Gasteiger partial charge in [0.1, 0.15) is 0 Å². The normalized spacial score (nSPS) is 10.3. The molecule has 23 heavy (non-hydrogen) atoms. The highest BCUT2D eigenvalue weighted by atomic mass is 16.5. The number of carbonyl (C=O) groups is 1. The van der Waals surface area contributed by atoms with E-state index in [1.807, 2.05) is 50.2 Å². The fourth-order valence-electron chi connectivity index (χ4n) is 2.45. The molecule has 0 aliphatic heterocycles. The van der Waals surface area contributed by atoms with E-state index in [1.165, 1.54) is 0 Å². The topological polar surface area (TPSA) is 47.6 Å². The Morgan fingerprint density at radius 1 is 1.04 bits per heavy atom. The van der Waals surface area contributed by atoms with E-state index in [0.717, 1.165) is 28.7 Å². The molecule has 2 rings (SSSR count). The lowest BCUT2D eigenvalue weighted by atomic mass is 10.0. The van der Waals surface area contributed by atoms with Crippen LogP contribution in [-0.4, -0.2) is 26.7 Å². The molecular formula is C19H23NO3. The molecule has 0 bridgehead atoms. The number of aryl methyl sites for hydroxylation is 1. The number of nitrogens with one attached hydrogen (secondary N) is 1. The fourth-order valence-corrected chi connectivity index (χ4v) is 2.45. The second-order valence-corrected chi connectivity index (χ2v) is 5.44. The van der Waals surface area contributed by atoms with Gasteiger partial charge in [-0.15, -0.1) is 0 Å². The zero-order valence-corrected chi connectivity index (χ0v) is 14.1. The minimum atomic E-state index is -0.0355. The molecule has 4 heteroatoms. The minimum Gasteiger partial charge on any atom is -0.493 e. The number of ether oxygens (including phenoxy) is 2. The van der Waals surface area contributed by atoms with Gasteiger partial charge < -0.3 is 14.8 Å². The molecule has 0 aliphatic rings. The van der Waals surface area contributed by atoms with Crippen molar-refractivity contribution in [3.63, 3.8) is 0 Å². The van der Waals surface area contributed by atoms with Crippen molar-refractivity contribution >= 4 is 5.91 Å². The smallest absolute Gasteiger partial charge is 0.251 e. The lowest BCUT2D eigenvalue weighted by Gasteiger charge is -2.11. The van der Waals surface area contributed by atoms with Crippen molar-refractivity contribution in [3.05, 3.63) is 58.7 Å². The van der Waals surface area contributed by atoms with E-state index in [0.29, 0.717) is 18.0 Å². The molecule has 0 saturated carbocycles. The van der Waals surface area contributed by atoms with Crippen LogP contribution in [0.2, 0.25) is 0 Å². The second kappa shape index (κ2) is 7.68. The summed E-state index contributed by atoms with van der Waals surface area (Å²) in [4.78, 5) is 12.3. The van der Waals surface area contributed by atoms with Crippen LogP contribution >= 0.6 is 0 Å². The molecule has 0 aliphatic carbocycles. The number of rotatable bonds is 6. The van der Waals surface area contributed by atoms with Crippen LogP contribution in [0.4, 0.5) is 0 Å². The van der Waals surface area contributed by atoms with Gasteiger partial charge >= 0.3 is 0 Å². The third-order valence-electron chi connectivity index (χ3n) is 4.00. The predicted molar refractivity (Wildman–Crippen MR) is 91.5 cm³/mol. The quantitative estimate of drug-likeness (QED) is 0.890. The fraction of sp³-hybridized carbons (Fsp3) is 0.316. The van der Waals surface area contributed by atoms with Crippen LogP contribution in [-0.2, 0) is 6.42 Å². The summed E-state index contributed by atoms with van der Waals surface area (Å²) in [5.41, 5.74) is 3.97. The van der Waals surface area contributed by atoms with Gasteiger partial charge in [0.15, 0.2) is 11.5 Å². The van der Waals surface area contributed by atoms with Crippen molar-refractivity contribution in [1.82, 2.24) is 5.32 Å². The van der Waals surface area contributed by atoms with E-state index in [-0.39, 0.29) is 5.91 Å². The molecule has 0 unspecified atom stereocenters. The van der Waals surface area contributed by atoms with Crippen molar-refractivity contribution < 1.29 is 14.3 Å². The largest absolute Gasteiger partial charge is 0.493 e. The first-order chi connectivity index (χ1) is 11.1. The Morgan fingerprint density at radius 2 is 1.78 bits per heavy atom. The van der Waals surface area contributed by atoms with Gasteiger partial charge in [-0.3, -0.25) is 4.79 Å². The summed E-state index contributed by atoms with van der Waals surface area (Å²) in [5, 5.41) is 2.97. The molecule has 0 aromatic heterocycles. The summed E-state index contributed by atoms with van der Waals surface area (Å²) in [6.45, 7) is 4.55. The third-order valence-corrected chi connectivity index (χ3v) is 4.00. The molecular weight excluding hydrogens is 290 g/mol. The lowest BCUT2D eigenvalue weighted by Crippen LogP contribution is -2.26. The van der Waals surface area contributed by atoms with Gasteiger partial charge in [0.2, 0.25) is 0 Å². The molecule has 0 heterocycles. The summed E-state index contributed by atoms with van der Waals surface area (Å²) in [7, 11) is 3.23. The molecule has 0 fully saturated rings. The van der Waals surface area contributed by atoms with Gasteiger partial charge in [-0.2, -0.15) is 0 Å². The maximum Gasteiger partial charge on any atom is 0.251 e. The molecule has 122 valence electrons. The Kier molecular flexibility index (Phi) is 5.63. The van der Waals surface area contributed by atoms with E-state index in [1.54, 1.807) is 14.2 Å². The zero-order valence-electron chi connectivity index (χ0n) is 14.1. The number of hydrogen-bond donors (Lipinski definition) is 1. The number of amides is 1. The van der Waals surface area contributed by atoms with Crippen molar-refractivity contribution in [2.24, 2.45) is 0 Å². The van der Waals surface area contributed by atoms with Gasteiger partial charge in [0.05, 0.1) is 14.2 Å². The van der Waals surface area contributed by atoms with Gasteiger partial charge in [-0.1, -0.05) is 18.2 Å². The SMILES string of the molecule is COc1ccc(CCNC(=O)c2cccc(C)c2C)cc1OC. The van der Waals surface area contributed by atoms with Crippen molar-refractivity contribution in [2.75, 3.05) is 20.8 Å². The number of methoxy groups -OCH3 is 2. The summed E-state index contributed by atoms with van der Waals surface area (Å²) in [6, 6.07) is 11.6. The van der Waals surface area contributed by atoms with Gasteiger partial charge in [0.25, 0.3) is 5.91 Å². The molecule has 2 aromatic rings. The van der Waals surface area contributed by atoms with Gasteiger partial charge in [-0.25, -0.2) is 0 Å². The average molecular weight is 313 g/mol. The lowest BCUT2D eigenvalue weighted by molar-refractivity contribution is 0.0953. The van der Waals surface area contributed by atoms with Crippen LogP contribution in [0, 0.1) is 13.8 Å². The van der Waals surface area contributed by atoms with Crippen LogP contribution in [0.15, 0.2) is 36.4 Å². The van der Waals surface area contributed by atoms with E-state index in [2.05, 4.69) is 5.32 Å². The predicted octanol–water partition coefficient (Wildman–Crippen LogP) is 3.29. The highest BCUT2D eigenvalue weighted by molar-refractivity contribution is 5.95. The highest BCUT2D eigenvalue weighted by Gasteiger charge is 2.10. The summed E-state index contributed by atoms with van der Waals surface area (Å²) < 4.78 is 10.5. The first kappa shape index (κ1) is 16.9. The monoisotopic (exact) mass is 313 g/mol. The molecule has 4 nitrogen and oxygen atoms in total. The Hall–Kier alpha value is -2.49. The van der Waals surface area contributed by atoms with Crippen LogP contribution < -0.4 is 14.8 Å². The highest BCUT2D eigenvalue weighted by Crippen LogP contribution is 2.27. The van der Waals surface area contributed by atoms with Crippen molar-refractivity contribution in [3.8, 4) is 11.5 Å². The molecule has 0 atom stereocenters. The summed E-state index contributed by atoms with van der Waals surface area (Å²) >= 11 is 0. The van der Waals surface area contributed by atoms with Gasteiger partial charge in [0, 0.05) is 12.1 Å². The van der Waals surface area contributed by atoms with E-state index < -0.39 is 0 Å². The minimum absolute atomic E-state index is 0.0355. The Balaban J connectivity index is 1.97. The average Bonchev–Trinajstić information content (AvgIpc) is 2.57. The number of hydrogen-bond acceptors (Lipinski definition) is 3. The Morgan fingerprint density at radius 3 is 2.48 bits per heavy atom. The van der Waals surface area contributed by atoms with E-state index in [4.69, 9.17) is 9.47 Å². The molecule has 1 amide bonds. The van der Waals surface area contributed by atoms with Crippen LogP contribution in [0.25, 0.3) is 0 Å². The van der Waals surface area contributed by atoms with Crippen LogP contribution in [0.5, 0.6) is 11.5 Å². The standard InChI is InChI=1S/C19H23NO3/c1-13-6-5-7-16(14(13)2)19(21)20-11-10-15-8-9-17(22-3)18(12-15)23-4/h5-9,12H,10-11H2,1-4H3,(H,20,21). The molecule has 0 spiro atoms. The van der Waals surface area contributed by atoms with Crippen LogP contribution in [0.3, 0.4) is 0 Å². The molecule has 0 saturated heterocycles. The maximum atomic E-state index is 12.3. The zero-order chi connectivity index (χ0) is 16.8. The summed E-state index contributed by atoms with van der Waals surface area (Å²) in [5.74, 6) is 1.37. The van der Waals surface area contributed by atoms with Gasteiger partial charge in [-0.05, 0) is 55.2 Å². The first-order valence-electron chi connectivity index (χ1n) is 7.62. The van der Waals surface area contributed by atoms with Crippen molar-refractivity contribution in [2.45, 2.75) is 20.3 Å². The van der Waals surface area contributed by atoms with Crippen molar-refractivity contribution in [1.29, 1.82) is 0 Å². The van der Waals surface area contributed by atoms with Crippen LogP contribution in [0.1, 0.15) is 27.0 Å². The summed E-state index contributed by atoms with van der Waals surface area (Å²) in [6.07, 6.45) is 0.733. The Bertz CT molecular complexity index is 695. The molecule has 1 N–H and O–H groups in total. The third kappa shape index (κ3) is 4.03. The molecule has 0 radical (unpaired) electrons. The number of carbonyl (C=O) groups excluding carboxylic acids is 1. The van der Waals surface area contributed by atoms with E-state index in [9.17, 15) is 4.79 Å². The first-order valence-corrected chi connectivity index (χ1v) is 7.62.